The van der Waals surface area contributed by atoms with Crippen LogP contribution in [0.3, 0.4) is 0 Å². The lowest BCUT2D eigenvalue weighted by Gasteiger charge is -2.44. The normalized spacial score (nSPS) is 17.8. The fourth-order valence-electron chi connectivity index (χ4n) is 5.76. The summed E-state index contributed by atoms with van der Waals surface area (Å²) in [5.41, 5.74) is 4.70. The minimum absolute atomic E-state index is 0.0794. The van der Waals surface area contributed by atoms with Gasteiger partial charge in [0.25, 0.3) is 5.91 Å². The van der Waals surface area contributed by atoms with Crippen LogP contribution >= 0.6 is 15.9 Å². The Morgan fingerprint density at radius 1 is 0.833 bits per heavy atom. The van der Waals surface area contributed by atoms with Crippen LogP contribution in [0.25, 0.3) is 0 Å². The Bertz CT molecular complexity index is 1150. The van der Waals surface area contributed by atoms with E-state index in [1.165, 1.54) is 17.7 Å². The smallest absolute Gasteiger partial charge is 0.257 e. The number of aryl methyl sites for hydroxylation is 2. The Balaban J connectivity index is 1.21. The zero-order valence-electron chi connectivity index (χ0n) is 21.1. The first-order valence-corrected chi connectivity index (χ1v) is 13.7. The summed E-state index contributed by atoms with van der Waals surface area (Å²) in [4.78, 5) is 28.8. The molecule has 2 aliphatic heterocycles. The molecule has 2 fully saturated rings. The topological polar surface area (TPSA) is 52.6 Å². The van der Waals surface area contributed by atoms with Crippen molar-refractivity contribution in [3.05, 3.63) is 82.3 Å². The Hall–Kier alpha value is -2.77. The lowest BCUT2D eigenvalue weighted by molar-refractivity contribution is 0.0577. The van der Waals surface area contributed by atoms with Gasteiger partial charge < -0.3 is 14.7 Å². The number of nitrogens with zero attached hydrogens (tertiary/aromatic N) is 5. The average Bonchev–Trinajstić information content (AvgIpc) is 2.91. The number of carbonyl (C=O) groups excluding carboxylic acids is 1. The number of hydrogen-bond donors (Lipinski definition) is 0. The van der Waals surface area contributed by atoms with Crippen LogP contribution in [-0.2, 0) is 0 Å². The molecule has 5 rings (SSSR count). The minimum atomic E-state index is 0.0794. The molecule has 3 heterocycles. The number of halogens is 1. The number of hydrogen-bond acceptors (Lipinski definition) is 5. The predicted molar refractivity (Wildman–Crippen MR) is 148 cm³/mol. The van der Waals surface area contributed by atoms with Crippen LogP contribution in [0.1, 0.15) is 47.4 Å². The molecular formula is C29H34BrN5O. The number of piperidine rings is 2. The fourth-order valence-corrected chi connectivity index (χ4v) is 6.03. The molecular weight excluding hydrogens is 514 g/mol. The molecule has 0 unspecified atom stereocenters. The SMILES string of the molecule is Cc1ncnc(C)c1C(=O)N1CCC(N2CCC(N(c3ccccc3)c3ccc(Br)cc3)CC2)CC1. The standard InChI is InChI=1S/C29H34BrN5O/c1-21-28(22(2)32-20-31-21)29(36)34-18-12-24(13-19-34)33-16-14-27(15-17-33)35(25-6-4-3-5-7-25)26-10-8-23(30)9-11-26/h3-11,20,24,27H,12-19H2,1-2H3. The second-order valence-corrected chi connectivity index (χ2v) is 10.8. The zero-order chi connectivity index (χ0) is 25.1. The summed E-state index contributed by atoms with van der Waals surface area (Å²) in [6.07, 6.45) is 5.84. The van der Waals surface area contributed by atoms with Gasteiger partial charge in [0.2, 0.25) is 0 Å². The highest BCUT2D eigenvalue weighted by molar-refractivity contribution is 9.10. The maximum absolute atomic E-state index is 13.2. The summed E-state index contributed by atoms with van der Waals surface area (Å²) in [5, 5.41) is 0. The van der Waals surface area contributed by atoms with Crippen molar-refractivity contribution < 1.29 is 4.79 Å². The Kier molecular flexibility index (Phi) is 7.67. The van der Waals surface area contributed by atoms with Crippen molar-refractivity contribution in [2.75, 3.05) is 31.1 Å². The summed E-state index contributed by atoms with van der Waals surface area (Å²) in [7, 11) is 0. The van der Waals surface area contributed by atoms with Crippen molar-refractivity contribution in [3.63, 3.8) is 0 Å². The zero-order valence-corrected chi connectivity index (χ0v) is 22.7. The molecule has 1 amide bonds. The second kappa shape index (κ2) is 11.1. The molecule has 0 saturated carbocycles. The molecule has 0 atom stereocenters. The van der Waals surface area contributed by atoms with Crippen molar-refractivity contribution in [1.29, 1.82) is 0 Å². The molecule has 0 radical (unpaired) electrons. The number of rotatable bonds is 5. The van der Waals surface area contributed by atoms with E-state index in [0.717, 1.165) is 67.7 Å². The highest BCUT2D eigenvalue weighted by Gasteiger charge is 2.33. The first kappa shape index (κ1) is 24.9. The minimum Gasteiger partial charge on any atom is -0.338 e. The third kappa shape index (κ3) is 5.32. The number of aromatic nitrogens is 2. The van der Waals surface area contributed by atoms with E-state index in [1.54, 1.807) is 0 Å². The largest absolute Gasteiger partial charge is 0.338 e. The summed E-state index contributed by atoms with van der Waals surface area (Å²) in [6.45, 7) is 7.57. The van der Waals surface area contributed by atoms with Gasteiger partial charge in [0, 0.05) is 54.1 Å². The molecule has 188 valence electrons. The molecule has 0 bridgehead atoms. The van der Waals surface area contributed by atoms with E-state index in [1.807, 2.05) is 18.7 Å². The lowest BCUT2D eigenvalue weighted by atomic mass is 9.96. The monoisotopic (exact) mass is 547 g/mol. The quantitative estimate of drug-likeness (QED) is 0.406. The van der Waals surface area contributed by atoms with Crippen molar-refractivity contribution in [1.82, 2.24) is 19.8 Å². The Morgan fingerprint density at radius 2 is 1.42 bits per heavy atom. The van der Waals surface area contributed by atoms with Crippen LogP contribution in [0.2, 0.25) is 0 Å². The maximum atomic E-state index is 13.2. The van der Waals surface area contributed by atoms with Crippen LogP contribution in [0, 0.1) is 13.8 Å². The van der Waals surface area contributed by atoms with Crippen LogP contribution in [-0.4, -0.2) is 63.9 Å². The maximum Gasteiger partial charge on any atom is 0.257 e. The number of anilines is 2. The second-order valence-electron chi connectivity index (χ2n) is 9.89. The van der Waals surface area contributed by atoms with Gasteiger partial charge >= 0.3 is 0 Å². The number of para-hydroxylation sites is 1. The average molecular weight is 549 g/mol. The predicted octanol–water partition coefficient (Wildman–Crippen LogP) is 5.76. The lowest BCUT2D eigenvalue weighted by Crippen LogP contribution is -2.51. The molecule has 7 heteroatoms. The van der Waals surface area contributed by atoms with E-state index >= 15 is 0 Å². The van der Waals surface area contributed by atoms with Gasteiger partial charge in [-0.2, -0.15) is 0 Å². The van der Waals surface area contributed by atoms with Gasteiger partial charge in [0.1, 0.15) is 6.33 Å². The molecule has 36 heavy (non-hydrogen) atoms. The van der Waals surface area contributed by atoms with E-state index in [2.05, 4.69) is 90.3 Å². The van der Waals surface area contributed by atoms with Crippen LogP contribution in [0.15, 0.2) is 65.4 Å². The Morgan fingerprint density at radius 3 is 2.03 bits per heavy atom. The molecule has 1 aromatic heterocycles. The van der Waals surface area contributed by atoms with Crippen molar-refractivity contribution in [3.8, 4) is 0 Å². The van der Waals surface area contributed by atoms with E-state index in [-0.39, 0.29) is 5.91 Å². The van der Waals surface area contributed by atoms with Crippen molar-refractivity contribution in [2.24, 2.45) is 0 Å². The van der Waals surface area contributed by atoms with Crippen molar-refractivity contribution in [2.45, 2.75) is 51.6 Å². The highest BCUT2D eigenvalue weighted by Crippen LogP contribution is 2.34. The van der Waals surface area contributed by atoms with Gasteiger partial charge in [0.05, 0.1) is 17.0 Å². The van der Waals surface area contributed by atoms with Gasteiger partial charge in [-0.05, 0) is 75.9 Å². The number of amides is 1. The van der Waals surface area contributed by atoms with Crippen LogP contribution < -0.4 is 4.90 Å². The van der Waals surface area contributed by atoms with E-state index in [4.69, 9.17) is 0 Å². The first-order chi connectivity index (χ1) is 17.5. The molecule has 3 aromatic rings. The molecule has 2 saturated heterocycles. The van der Waals surface area contributed by atoms with Gasteiger partial charge in [-0.1, -0.05) is 34.1 Å². The summed E-state index contributed by atoms with van der Waals surface area (Å²) < 4.78 is 1.10. The third-order valence-electron chi connectivity index (χ3n) is 7.71. The molecule has 0 aliphatic carbocycles. The molecule has 6 nitrogen and oxygen atoms in total. The van der Waals surface area contributed by atoms with Gasteiger partial charge in [-0.3, -0.25) is 4.79 Å². The summed E-state index contributed by atoms with van der Waals surface area (Å²) >= 11 is 3.58. The van der Waals surface area contributed by atoms with Gasteiger partial charge in [-0.25, -0.2) is 9.97 Å². The number of likely N-dealkylation sites (tertiary alicyclic amines) is 2. The number of benzene rings is 2. The highest BCUT2D eigenvalue weighted by atomic mass is 79.9. The van der Waals surface area contributed by atoms with E-state index < -0.39 is 0 Å². The summed E-state index contributed by atoms with van der Waals surface area (Å²) in [5.74, 6) is 0.0794. The Labute approximate surface area is 222 Å². The van der Waals surface area contributed by atoms with E-state index in [0.29, 0.717) is 17.6 Å². The van der Waals surface area contributed by atoms with E-state index in [9.17, 15) is 4.79 Å². The van der Waals surface area contributed by atoms with Gasteiger partial charge in [-0.15, -0.1) is 0 Å². The summed E-state index contributed by atoms with van der Waals surface area (Å²) in [6, 6.07) is 20.4. The van der Waals surface area contributed by atoms with Crippen LogP contribution in [0.5, 0.6) is 0 Å². The first-order valence-electron chi connectivity index (χ1n) is 12.9. The molecule has 0 N–H and O–H groups in total. The third-order valence-corrected chi connectivity index (χ3v) is 8.24. The van der Waals surface area contributed by atoms with Crippen molar-refractivity contribution >= 4 is 33.2 Å². The molecule has 0 spiro atoms. The van der Waals surface area contributed by atoms with Crippen LogP contribution in [0.4, 0.5) is 11.4 Å². The fraction of sp³-hybridized carbons (Fsp3) is 0.414. The molecule has 2 aromatic carbocycles. The van der Waals surface area contributed by atoms with Gasteiger partial charge in [0.15, 0.2) is 0 Å². The number of carbonyl (C=O) groups is 1. The molecule has 2 aliphatic rings.